The van der Waals surface area contributed by atoms with Gasteiger partial charge < -0.3 is 16.0 Å². The highest BCUT2D eigenvalue weighted by Crippen LogP contribution is 2.25. The first-order valence-corrected chi connectivity index (χ1v) is 8.46. The third kappa shape index (κ3) is 3.44. The van der Waals surface area contributed by atoms with E-state index in [0.717, 1.165) is 12.1 Å². The molecule has 1 aromatic heterocycles. The predicted octanol–water partition coefficient (Wildman–Crippen LogP) is 0.764. The van der Waals surface area contributed by atoms with Crippen LogP contribution in [0.1, 0.15) is 30.1 Å². The Morgan fingerprint density at radius 2 is 2.00 bits per heavy atom. The maximum Gasteiger partial charge on any atom is 0.242 e. The van der Waals surface area contributed by atoms with Gasteiger partial charge in [-0.05, 0) is 25.0 Å². The van der Waals surface area contributed by atoms with Gasteiger partial charge in [-0.1, -0.05) is 18.2 Å². The summed E-state index contributed by atoms with van der Waals surface area (Å²) in [5.74, 6) is -0.528. The highest BCUT2D eigenvalue weighted by Gasteiger charge is 2.36. The number of ketones is 1. The van der Waals surface area contributed by atoms with Crippen molar-refractivity contribution in [3.8, 4) is 5.69 Å². The molecule has 2 aromatic rings. The number of carbonyl (C=O) groups excluding carboxylic acids is 3. The first kappa shape index (κ1) is 17.7. The van der Waals surface area contributed by atoms with Gasteiger partial charge in [0.1, 0.15) is 5.82 Å². The van der Waals surface area contributed by atoms with Gasteiger partial charge in [0, 0.05) is 13.5 Å². The molecule has 0 saturated carbocycles. The minimum absolute atomic E-state index is 0.113. The summed E-state index contributed by atoms with van der Waals surface area (Å²) in [6.07, 6.45) is 2.75. The molecule has 0 unspecified atom stereocenters. The van der Waals surface area contributed by atoms with Crippen LogP contribution in [0.3, 0.4) is 0 Å². The molecule has 1 fully saturated rings. The molecule has 1 atom stereocenters. The van der Waals surface area contributed by atoms with Crippen LogP contribution in [-0.2, 0) is 9.59 Å². The minimum atomic E-state index is -0.577. The van der Waals surface area contributed by atoms with Crippen molar-refractivity contribution >= 4 is 23.4 Å². The van der Waals surface area contributed by atoms with E-state index < -0.39 is 6.04 Å². The van der Waals surface area contributed by atoms with Crippen LogP contribution in [0, 0.1) is 0 Å². The van der Waals surface area contributed by atoms with Crippen LogP contribution >= 0.6 is 0 Å². The lowest BCUT2D eigenvalue weighted by atomic mass is 10.0. The normalized spacial score (nSPS) is 16.5. The van der Waals surface area contributed by atoms with E-state index in [9.17, 15) is 14.4 Å². The second-order valence-corrected chi connectivity index (χ2v) is 6.21. The van der Waals surface area contributed by atoms with Gasteiger partial charge in [0.25, 0.3) is 0 Å². The second kappa shape index (κ2) is 7.38. The molecule has 3 N–H and O–H groups in total. The number of nitrogens with one attached hydrogen (secondary N) is 1. The van der Waals surface area contributed by atoms with Gasteiger partial charge in [0.05, 0.1) is 30.0 Å². The Morgan fingerprint density at radius 3 is 2.69 bits per heavy atom. The lowest BCUT2D eigenvalue weighted by Gasteiger charge is -2.23. The average molecular weight is 355 g/mol. The first-order valence-electron chi connectivity index (χ1n) is 8.46. The van der Waals surface area contributed by atoms with Crippen LogP contribution in [0.15, 0.2) is 36.5 Å². The van der Waals surface area contributed by atoms with E-state index in [4.69, 9.17) is 5.73 Å². The van der Waals surface area contributed by atoms with Crippen molar-refractivity contribution in [3.05, 3.63) is 42.1 Å². The molecule has 2 amide bonds. The van der Waals surface area contributed by atoms with Crippen LogP contribution in [0.2, 0.25) is 0 Å². The number of nitrogens with zero attached hydrogens (tertiary/aromatic N) is 3. The number of anilines is 1. The number of rotatable bonds is 5. The fourth-order valence-electron chi connectivity index (χ4n) is 3.14. The summed E-state index contributed by atoms with van der Waals surface area (Å²) >= 11 is 0. The van der Waals surface area contributed by atoms with Gasteiger partial charge in [-0.3, -0.25) is 14.4 Å². The number of hydrogen-bond acceptors (Lipinski definition) is 5. The van der Waals surface area contributed by atoms with Gasteiger partial charge in [-0.25, -0.2) is 4.68 Å². The molecule has 1 saturated heterocycles. The second-order valence-electron chi connectivity index (χ2n) is 6.21. The van der Waals surface area contributed by atoms with Gasteiger partial charge in [0.2, 0.25) is 11.8 Å². The first-order chi connectivity index (χ1) is 12.5. The standard InChI is InChI=1S/C18H21N5O3/c1-12(24)20-11-16(25)22-9-5-8-15(22)17(26)14-10-21-23(18(14)19)13-6-3-2-4-7-13/h2-4,6-7,10,15H,5,8-9,11,19H2,1H3,(H,20,24)/t15-/m1/s1. The smallest absolute Gasteiger partial charge is 0.242 e. The predicted molar refractivity (Wildman–Crippen MR) is 95.7 cm³/mol. The van der Waals surface area contributed by atoms with Gasteiger partial charge in [0.15, 0.2) is 5.78 Å². The summed E-state index contributed by atoms with van der Waals surface area (Å²) < 4.78 is 1.51. The molecular weight excluding hydrogens is 334 g/mol. The molecule has 26 heavy (non-hydrogen) atoms. The number of Topliss-reactive ketones (excluding diaryl/α,β-unsaturated/α-hetero) is 1. The summed E-state index contributed by atoms with van der Waals surface area (Å²) in [5.41, 5.74) is 7.21. The zero-order valence-electron chi connectivity index (χ0n) is 14.5. The Kier molecular flexibility index (Phi) is 5.01. The molecule has 0 radical (unpaired) electrons. The summed E-state index contributed by atoms with van der Waals surface area (Å²) in [7, 11) is 0. The van der Waals surface area contributed by atoms with Crippen LogP contribution in [0.25, 0.3) is 5.69 Å². The molecule has 3 rings (SSSR count). The van der Waals surface area contributed by atoms with E-state index in [1.165, 1.54) is 22.7 Å². The number of nitrogen functional groups attached to an aromatic ring is 1. The number of benzene rings is 1. The van der Waals surface area contributed by atoms with E-state index in [1.807, 2.05) is 30.3 Å². The van der Waals surface area contributed by atoms with Crippen molar-refractivity contribution in [1.82, 2.24) is 20.0 Å². The quantitative estimate of drug-likeness (QED) is 0.770. The van der Waals surface area contributed by atoms with Crippen molar-refractivity contribution in [1.29, 1.82) is 0 Å². The largest absolute Gasteiger partial charge is 0.383 e. The molecule has 1 aliphatic rings. The molecule has 0 spiro atoms. The molecule has 0 aliphatic carbocycles. The number of hydrogen-bond donors (Lipinski definition) is 2. The third-order valence-electron chi connectivity index (χ3n) is 4.44. The van der Waals surface area contributed by atoms with Crippen LogP contribution in [0.4, 0.5) is 5.82 Å². The Bertz CT molecular complexity index is 831. The zero-order valence-corrected chi connectivity index (χ0v) is 14.5. The molecular formula is C18H21N5O3. The Hall–Kier alpha value is -3.16. The zero-order chi connectivity index (χ0) is 18.7. The molecule has 8 nitrogen and oxygen atoms in total. The molecule has 2 heterocycles. The van der Waals surface area contributed by atoms with E-state index in [0.29, 0.717) is 18.5 Å². The number of nitrogens with two attached hydrogens (primary N) is 1. The summed E-state index contributed by atoms with van der Waals surface area (Å²) in [6.45, 7) is 1.72. The fraction of sp³-hybridized carbons (Fsp3) is 0.333. The van der Waals surface area contributed by atoms with Crippen molar-refractivity contribution in [2.45, 2.75) is 25.8 Å². The van der Waals surface area contributed by atoms with Crippen LogP contribution < -0.4 is 11.1 Å². The molecule has 1 aromatic carbocycles. The van der Waals surface area contributed by atoms with Crippen molar-refractivity contribution < 1.29 is 14.4 Å². The van der Waals surface area contributed by atoms with Gasteiger partial charge in [-0.2, -0.15) is 5.10 Å². The maximum absolute atomic E-state index is 13.0. The minimum Gasteiger partial charge on any atom is -0.383 e. The summed E-state index contributed by atoms with van der Waals surface area (Å²) in [5, 5.41) is 6.69. The highest BCUT2D eigenvalue weighted by atomic mass is 16.2. The topological polar surface area (TPSA) is 110 Å². The molecule has 0 bridgehead atoms. The Balaban J connectivity index is 1.79. The Morgan fingerprint density at radius 1 is 1.27 bits per heavy atom. The highest BCUT2D eigenvalue weighted by molar-refractivity contribution is 6.05. The monoisotopic (exact) mass is 355 g/mol. The molecule has 1 aliphatic heterocycles. The number of likely N-dealkylation sites (tertiary alicyclic amines) is 1. The van der Waals surface area contributed by atoms with Crippen LogP contribution in [0.5, 0.6) is 0 Å². The van der Waals surface area contributed by atoms with Crippen molar-refractivity contribution in [3.63, 3.8) is 0 Å². The molecule has 8 heteroatoms. The number of amides is 2. The van der Waals surface area contributed by atoms with E-state index in [-0.39, 0.29) is 30.0 Å². The van der Waals surface area contributed by atoms with Crippen molar-refractivity contribution in [2.24, 2.45) is 0 Å². The summed E-state index contributed by atoms with van der Waals surface area (Å²) in [6, 6.07) is 8.71. The number of carbonyl (C=O) groups is 3. The van der Waals surface area contributed by atoms with Crippen molar-refractivity contribution in [2.75, 3.05) is 18.8 Å². The lowest BCUT2D eigenvalue weighted by Crippen LogP contribution is -2.45. The van der Waals surface area contributed by atoms with E-state index in [1.54, 1.807) is 0 Å². The SMILES string of the molecule is CC(=O)NCC(=O)N1CCC[C@@H]1C(=O)c1cnn(-c2ccccc2)c1N. The Labute approximate surface area is 151 Å². The lowest BCUT2D eigenvalue weighted by molar-refractivity contribution is -0.132. The number of aromatic nitrogens is 2. The van der Waals surface area contributed by atoms with Crippen LogP contribution in [-0.4, -0.2) is 51.4 Å². The number of para-hydroxylation sites is 1. The average Bonchev–Trinajstić information content (AvgIpc) is 3.27. The van der Waals surface area contributed by atoms with Gasteiger partial charge in [-0.15, -0.1) is 0 Å². The molecule has 136 valence electrons. The van der Waals surface area contributed by atoms with E-state index in [2.05, 4.69) is 10.4 Å². The van der Waals surface area contributed by atoms with E-state index >= 15 is 0 Å². The maximum atomic E-state index is 13.0. The summed E-state index contributed by atoms with van der Waals surface area (Å²) in [4.78, 5) is 37.8. The third-order valence-corrected chi connectivity index (χ3v) is 4.44. The fourth-order valence-corrected chi connectivity index (χ4v) is 3.14. The van der Waals surface area contributed by atoms with Gasteiger partial charge >= 0.3 is 0 Å².